The monoisotopic (exact) mass is 451 g/mol. The number of rotatable bonds is 1. The van der Waals surface area contributed by atoms with E-state index < -0.39 is 0 Å². The van der Waals surface area contributed by atoms with Crippen LogP contribution in [0.25, 0.3) is 38.6 Å². The van der Waals surface area contributed by atoms with Crippen LogP contribution in [0.4, 0.5) is 0 Å². The molecule has 1 aliphatic heterocycles. The molecule has 0 atom stereocenters. The number of aromatic nitrogens is 1. The summed E-state index contributed by atoms with van der Waals surface area (Å²) in [6.45, 7) is 6.94. The van der Waals surface area contributed by atoms with Gasteiger partial charge in [-0.15, -0.1) is 0 Å². The van der Waals surface area contributed by atoms with Crippen LogP contribution in [0, 0.1) is 6.92 Å². The number of fused-ring (bicyclic) bond motifs is 5. The van der Waals surface area contributed by atoms with E-state index in [1.165, 1.54) is 55.3 Å². The van der Waals surface area contributed by atoms with Crippen LogP contribution >= 0.6 is 15.9 Å². The normalized spacial score (nSPS) is 14.3. The molecule has 0 unspecified atom stereocenters. The van der Waals surface area contributed by atoms with Gasteiger partial charge in [0.1, 0.15) is 0 Å². The van der Waals surface area contributed by atoms with E-state index >= 15 is 0 Å². The maximum Gasteiger partial charge on any atom is 0.0582 e. The first-order valence-electron chi connectivity index (χ1n) is 10.4. The number of nitrogens with zero attached hydrogens (tertiary/aromatic N) is 1. The van der Waals surface area contributed by atoms with Gasteiger partial charge in [0.2, 0.25) is 0 Å². The minimum absolute atomic E-state index is 0.0743. The molecule has 30 heavy (non-hydrogen) atoms. The number of para-hydroxylation sites is 1. The van der Waals surface area contributed by atoms with Gasteiger partial charge in [-0.3, -0.25) is 0 Å². The predicted molar refractivity (Wildman–Crippen MR) is 131 cm³/mol. The highest BCUT2D eigenvalue weighted by Crippen LogP contribution is 2.49. The summed E-state index contributed by atoms with van der Waals surface area (Å²) in [5, 5.41) is 2.67. The van der Waals surface area contributed by atoms with E-state index in [0.717, 1.165) is 4.47 Å². The molecule has 1 aromatic heterocycles. The Kier molecular flexibility index (Phi) is 3.65. The second-order valence-electron chi connectivity index (χ2n) is 8.83. The predicted octanol–water partition coefficient (Wildman–Crippen LogP) is 8.16. The highest BCUT2D eigenvalue weighted by molar-refractivity contribution is 9.10. The first-order valence-corrected chi connectivity index (χ1v) is 11.2. The minimum Gasteiger partial charge on any atom is -0.309 e. The molecule has 0 radical (unpaired) electrons. The Bertz CT molecular complexity index is 1470. The maximum absolute atomic E-state index is 3.78. The molecule has 0 N–H and O–H groups in total. The van der Waals surface area contributed by atoms with Gasteiger partial charge >= 0.3 is 0 Å². The summed E-state index contributed by atoms with van der Waals surface area (Å²) in [7, 11) is 0. The zero-order chi connectivity index (χ0) is 20.6. The first-order chi connectivity index (χ1) is 14.5. The third-order valence-electron chi connectivity index (χ3n) is 6.82. The van der Waals surface area contributed by atoms with Crippen LogP contribution in [0.1, 0.15) is 30.5 Å². The molecule has 0 saturated heterocycles. The second-order valence-corrected chi connectivity index (χ2v) is 9.68. The largest absolute Gasteiger partial charge is 0.309 e. The lowest BCUT2D eigenvalue weighted by molar-refractivity contribution is 0.630. The summed E-state index contributed by atoms with van der Waals surface area (Å²) in [5.74, 6) is 0. The van der Waals surface area contributed by atoms with Crippen LogP contribution in [0.2, 0.25) is 0 Å². The summed E-state index contributed by atoms with van der Waals surface area (Å²) in [4.78, 5) is 0. The van der Waals surface area contributed by atoms with Gasteiger partial charge in [-0.25, -0.2) is 0 Å². The fraction of sp³-hybridized carbons (Fsp3) is 0.143. The number of halogens is 1. The zero-order valence-corrected chi connectivity index (χ0v) is 18.9. The molecule has 0 fully saturated rings. The van der Waals surface area contributed by atoms with E-state index in [9.17, 15) is 0 Å². The molecule has 6 rings (SSSR count). The molecule has 4 aromatic carbocycles. The lowest BCUT2D eigenvalue weighted by atomic mass is 9.74. The van der Waals surface area contributed by atoms with E-state index in [-0.39, 0.29) is 5.41 Å². The van der Waals surface area contributed by atoms with Crippen LogP contribution in [0.15, 0.2) is 83.3 Å². The molecular weight excluding hydrogens is 430 g/mol. The molecule has 2 heterocycles. The lowest BCUT2D eigenvalue weighted by Gasteiger charge is -2.35. The molecule has 5 aromatic rings. The molecule has 0 saturated carbocycles. The summed E-state index contributed by atoms with van der Waals surface area (Å²) in [5.41, 5.74) is 10.5. The van der Waals surface area contributed by atoms with Crippen molar-refractivity contribution in [1.29, 1.82) is 0 Å². The summed E-state index contributed by atoms with van der Waals surface area (Å²) in [6, 6.07) is 28.8. The van der Waals surface area contributed by atoms with Crippen LogP contribution < -0.4 is 0 Å². The Hall–Kier alpha value is -2.84. The van der Waals surface area contributed by atoms with E-state index in [4.69, 9.17) is 0 Å². The Labute approximate surface area is 185 Å². The number of aryl methyl sites for hydroxylation is 1. The van der Waals surface area contributed by atoms with Crippen LogP contribution in [-0.4, -0.2) is 4.57 Å². The topological polar surface area (TPSA) is 4.93 Å². The average Bonchev–Trinajstić information content (AvgIpc) is 3.10. The van der Waals surface area contributed by atoms with E-state index in [2.05, 4.69) is 120 Å². The van der Waals surface area contributed by atoms with Gasteiger partial charge in [-0.1, -0.05) is 78.3 Å². The smallest absolute Gasteiger partial charge is 0.0582 e. The van der Waals surface area contributed by atoms with Gasteiger partial charge in [0.05, 0.1) is 16.7 Å². The van der Waals surface area contributed by atoms with Crippen molar-refractivity contribution >= 4 is 37.7 Å². The third-order valence-corrected chi connectivity index (χ3v) is 7.68. The van der Waals surface area contributed by atoms with E-state index in [1.54, 1.807) is 0 Å². The molecule has 0 bridgehead atoms. The first kappa shape index (κ1) is 18.0. The van der Waals surface area contributed by atoms with Crippen molar-refractivity contribution in [1.82, 2.24) is 4.57 Å². The minimum atomic E-state index is -0.0743. The van der Waals surface area contributed by atoms with Crippen LogP contribution in [0.5, 0.6) is 0 Å². The molecule has 0 spiro atoms. The van der Waals surface area contributed by atoms with Crippen molar-refractivity contribution in [3.05, 3.63) is 100 Å². The van der Waals surface area contributed by atoms with Gasteiger partial charge in [0.25, 0.3) is 0 Å². The molecule has 1 aliphatic rings. The van der Waals surface area contributed by atoms with Crippen molar-refractivity contribution in [2.75, 3.05) is 0 Å². The molecule has 1 nitrogen and oxygen atoms in total. The summed E-state index contributed by atoms with van der Waals surface area (Å²) < 4.78 is 3.64. The van der Waals surface area contributed by atoms with Crippen molar-refractivity contribution in [2.24, 2.45) is 0 Å². The van der Waals surface area contributed by atoms with Gasteiger partial charge in [-0.05, 0) is 65.1 Å². The quantitative estimate of drug-likeness (QED) is 0.242. The van der Waals surface area contributed by atoms with Gasteiger partial charge in [0, 0.05) is 20.7 Å². The van der Waals surface area contributed by atoms with Crippen molar-refractivity contribution in [2.45, 2.75) is 26.2 Å². The fourth-order valence-electron chi connectivity index (χ4n) is 5.25. The summed E-state index contributed by atoms with van der Waals surface area (Å²) in [6.07, 6.45) is 0. The van der Waals surface area contributed by atoms with Crippen molar-refractivity contribution < 1.29 is 0 Å². The summed E-state index contributed by atoms with van der Waals surface area (Å²) >= 11 is 3.78. The SMILES string of the molecule is Cc1c(Br)ccc2c1c1cc(-c3ccccc3)cc3c1n2-c1ccccc1C3(C)C. The lowest BCUT2D eigenvalue weighted by Crippen LogP contribution is -2.26. The maximum atomic E-state index is 3.78. The van der Waals surface area contributed by atoms with E-state index in [0.29, 0.717) is 0 Å². The van der Waals surface area contributed by atoms with E-state index in [1.807, 2.05) is 0 Å². The molecule has 0 aliphatic carbocycles. The highest BCUT2D eigenvalue weighted by Gasteiger charge is 2.35. The van der Waals surface area contributed by atoms with Gasteiger partial charge < -0.3 is 4.57 Å². The Balaban J connectivity index is 1.89. The molecule has 146 valence electrons. The Morgan fingerprint density at radius 3 is 2.30 bits per heavy atom. The fourth-order valence-corrected chi connectivity index (χ4v) is 5.58. The standard InChI is InChI=1S/C28H22BrN/c1-17-23(29)13-14-25-26(17)20-15-19(18-9-5-4-6-10-18)16-22-27(20)30(25)24-12-8-7-11-21(24)28(22,2)3/h4-16H,1-3H3. The molecular formula is C28H22BrN. The van der Waals surface area contributed by atoms with Crippen LogP contribution in [0.3, 0.4) is 0 Å². The average molecular weight is 452 g/mol. The van der Waals surface area contributed by atoms with Crippen molar-refractivity contribution in [3.63, 3.8) is 0 Å². The second kappa shape index (κ2) is 6.09. The van der Waals surface area contributed by atoms with Gasteiger partial charge in [-0.2, -0.15) is 0 Å². The molecule has 0 amide bonds. The van der Waals surface area contributed by atoms with Gasteiger partial charge in [0.15, 0.2) is 0 Å². The zero-order valence-electron chi connectivity index (χ0n) is 17.3. The Morgan fingerprint density at radius 2 is 1.50 bits per heavy atom. The highest BCUT2D eigenvalue weighted by atomic mass is 79.9. The Morgan fingerprint density at radius 1 is 0.767 bits per heavy atom. The molecule has 2 heteroatoms. The van der Waals surface area contributed by atoms with Crippen molar-refractivity contribution in [3.8, 4) is 16.8 Å². The third kappa shape index (κ3) is 2.23. The number of hydrogen-bond donors (Lipinski definition) is 0. The van der Waals surface area contributed by atoms with Crippen LogP contribution in [-0.2, 0) is 5.41 Å². The number of hydrogen-bond acceptors (Lipinski definition) is 0. The number of benzene rings is 4.